The average Bonchev–Trinajstić information content (AvgIpc) is 2.96. The Bertz CT molecular complexity index is 984. The fourth-order valence-corrected chi connectivity index (χ4v) is 2.48. The molecule has 4 aromatic rings. The molecule has 0 saturated heterocycles. The van der Waals surface area contributed by atoms with Gasteiger partial charge in [-0.05, 0) is 35.9 Å². The van der Waals surface area contributed by atoms with Crippen LogP contribution in [0.4, 0.5) is 4.39 Å². The van der Waals surface area contributed by atoms with E-state index < -0.39 is 6.17 Å². The Morgan fingerprint density at radius 2 is 2.00 bits per heavy atom. The largest absolute Gasteiger partial charge is 0.256 e. The van der Waals surface area contributed by atoms with E-state index >= 15 is 0 Å². The van der Waals surface area contributed by atoms with Crippen molar-refractivity contribution in [1.29, 1.82) is 0 Å². The lowest BCUT2D eigenvalue weighted by Gasteiger charge is -2.07. The van der Waals surface area contributed by atoms with Gasteiger partial charge in [-0.25, -0.2) is 4.39 Å². The van der Waals surface area contributed by atoms with Crippen molar-refractivity contribution in [1.82, 2.24) is 24.8 Å². The first-order chi connectivity index (χ1) is 10.7. The number of nitrogens with zero attached hydrogens (tertiary/aromatic N) is 5. The van der Waals surface area contributed by atoms with Crippen molar-refractivity contribution < 1.29 is 4.39 Å². The van der Waals surface area contributed by atoms with Gasteiger partial charge < -0.3 is 0 Å². The summed E-state index contributed by atoms with van der Waals surface area (Å²) in [7, 11) is 0. The Hall–Kier alpha value is -2.60. The minimum atomic E-state index is -1.45. The predicted octanol–water partition coefficient (Wildman–Crippen LogP) is 3.38. The zero-order valence-electron chi connectivity index (χ0n) is 11.2. The van der Waals surface area contributed by atoms with Crippen molar-refractivity contribution >= 4 is 28.2 Å². The third kappa shape index (κ3) is 2.08. The van der Waals surface area contributed by atoms with Crippen molar-refractivity contribution in [3.63, 3.8) is 0 Å². The van der Waals surface area contributed by atoms with Crippen LogP contribution in [0, 0.1) is 0 Å². The Morgan fingerprint density at radius 1 is 1.09 bits per heavy atom. The highest BCUT2D eigenvalue weighted by Gasteiger charge is 2.20. The van der Waals surface area contributed by atoms with Gasteiger partial charge in [-0.15, -0.1) is 10.2 Å². The zero-order chi connectivity index (χ0) is 15.1. The molecule has 3 heterocycles. The van der Waals surface area contributed by atoms with Gasteiger partial charge in [0.25, 0.3) is 0 Å². The summed E-state index contributed by atoms with van der Waals surface area (Å²) in [5.74, 6) is 0.0979. The molecule has 0 aliphatic heterocycles. The molecule has 1 atom stereocenters. The van der Waals surface area contributed by atoms with Crippen LogP contribution < -0.4 is 0 Å². The predicted molar refractivity (Wildman–Crippen MR) is 80.5 cm³/mol. The molecular formula is C15H9ClFN5. The van der Waals surface area contributed by atoms with Crippen LogP contribution in [0.25, 0.3) is 16.6 Å². The van der Waals surface area contributed by atoms with E-state index in [4.69, 9.17) is 11.6 Å². The maximum absolute atomic E-state index is 14.9. The number of hydrogen-bond donors (Lipinski definition) is 0. The molecule has 0 aliphatic rings. The van der Waals surface area contributed by atoms with E-state index in [1.54, 1.807) is 36.5 Å². The second-order valence-electron chi connectivity index (χ2n) is 4.80. The van der Waals surface area contributed by atoms with Gasteiger partial charge in [0, 0.05) is 11.6 Å². The summed E-state index contributed by atoms with van der Waals surface area (Å²) < 4.78 is 16.2. The van der Waals surface area contributed by atoms with Crippen LogP contribution in [0.15, 0.2) is 48.7 Å². The average molecular weight is 314 g/mol. The third-order valence-corrected chi connectivity index (χ3v) is 3.60. The standard InChI is InChI=1S/C15H9ClFN5/c16-12-5-6-13-19-20-15(22(13)21-12)14(17)10-3-4-11-9(8-10)2-1-7-18-11/h1-8,14H. The second-order valence-corrected chi connectivity index (χ2v) is 5.19. The van der Waals surface area contributed by atoms with Crippen LogP contribution in [0.5, 0.6) is 0 Å². The molecule has 0 N–H and O–H groups in total. The number of rotatable bonds is 2. The highest BCUT2D eigenvalue weighted by Crippen LogP contribution is 2.27. The van der Waals surface area contributed by atoms with E-state index in [2.05, 4.69) is 20.3 Å². The van der Waals surface area contributed by atoms with Gasteiger partial charge in [0.1, 0.15) is 5.15 Å². The summed E-state index contributed by atoms with van der Waals surface area (Å²) in [6.07, 6.45) is 0.248. The number of aromatic nitrogens is 5. The first kappa shape index (κ1) is 13.1. The monoisotopic (exact) mass is 313 g/mol. The smallest absolute Gasteiger partial charge is 0.193 e. The van der Waals surface area contributed by atoms with Crippen LogP contribution in [0.3, 0.4) is 0 Å². The summed E-state index contributed by atoms with van der Waals surface area (Å²) in [5.41, 5.74) is 1.73. The van der Waals surface area contributed by atoms with Gasteiger partial charge in [0.15, 0.2) is 17.6 Å². The van der Waals surface area contributed by atoms with E-state index in [0.29, 0.717) is 11.2 Å². The van der Waals surface area contributed by atoms with E-state index in [9.17, 15) is 4.39 Å². The van der Waals surface area contributed by atoms with Crippen LogP contribution in [-0.4, -0.2) is 24.8 Å². The van der Waals surface area contributed by atoms with Crippen molar-refractivity contribution in [2.75, 3.05) is 0 Å². The summed E-state index contributed by atoms with van der Waals surface area (Å²) in [5, 5.41) is 13.0. The molecule has 1 aromatic carbocycles. The molecule has 0 amide bonds. The zero-order valence-corrected chi connectivity index (χ0v) is 11.9. The first-order valence-electron chi connectivity index (χ1n) is 6.59. The first-order valence-corrected chi connectivity index (χ1v) is 6.97. The van der Waals surface area contributed by atoms with Crippen LogP contribution in [0.1, 0.15) is 17.6 Å². The maximum atomic E-state index is 14.9. The van der Waals surface area contributed by atoms with Crippen LogP contribution in [0.2, 0.25) is 5.15 Å². The van der Waals surface area contributed by atoms with Crippen molar-refractivity contribution in [3.05, 3.63) is 65.2 Å². The topological polar surface area (TPSA) is 56.0 Å². The lowest BCUT2D eigenvalue weighted by atomic mass is 10.1. The molecule has 1 unspecified atom stereocenters. The molecule has 0 spiro atoms. The lowest BCUT2D eigenvalue weighted by molar-refractivity contribution is 0.377. The van der Waals surface area contributed by atoms with Gasteiger partial charge in [-0.1, -0.05) is 23.7 Å². The fraction of sp³-hybridized carbons (Fsp3) is 0.0667. The van der Waals surface area contributed by atoms with E-state index in [0.717, 1.165) is 10.9 Å². The van der Waals surface area contributed by atoms with E-state index in [-0.39, 0.29) is 11.0 Å². The highest BCUT2D eigenvalue weighted by atomic mass is 35.5. The molecular weight excluding hydrogens is 305 g/mol. The quantitative estimate of drug-likeness (QED) is 0.569. The number of benzene rings is 1. The molecule has 0 bridgehead atoms. The molecule has 5 nitrogen and oxygen atoms in total. The molecule has 22 heavy (non-hydrogen) atoms. The van der Waals surface area contributed by atoms with E-state index in [1.807, 2.05) is 12.1 Å². The Kier molecular flexibility index (Phi) is 2.97. The van der Waals surface area contributed by atoms with Crippen molar-refractivity contribution in [2.45, 2.75) is 6.17 Å². The number of alkyl halides is 1. The second kappa shape index (κ2) is 4.99. The number of halogens is 2. The summed E-state index contributed by atoms with van der Waals surface area (Å²) in [6, 6.07) is 12.1. The minimum absolute atomic E-state index is 0.0979. The van der Waals surface area contributed by atoms with Gasteiger partial charge >= 0.3 is 0 Å². The maximum Gasteiger partial charge on any atom is 0.193 e. The number of fused-ring (bicyclic) bond motifs is 2. The van der Waals surface area contributed by atoms with Crippen LogP contribution in [-0.2, 0) is 0 Å². The van der Waals surface area contributed by atoms with Gasteiger partial charge in [-0.3, -0.25) is 4.98 Å². The van der Waals surface area contributed by atoms with Crippen molar-refractivity contribution in [3.8, 4) is 0 Å². The minimum Gasteiger partial charge on any atom is -0.256 e. The number of hydrogen-bond acceptors (Lipinski definition) is 4. The fourth-order valence-electron chi connectivity index (χ4n) is 2.34. The summed E-state index contributed by atoms with van der Waals surface area (Å²) >= 11 is 5.86. The summed E-state index contributed by atoms with van der Waals surface area (Å²) in [4.78, 5) is 4.22. The molecule has 4 rings (SSSR count). The van der Waals surface area contributed by atoms with Gasteiger partial charge in [0.2, 0.25) is 0 Å². The number of pyridine rings is 1. The van der Waals surface area contributed by atoms with E-state index in [1.165, 1.54) is 4.52 Å². The normalized spacial score (nSPS) is 12.8. The molecule has 0 aliphatic carbocycles. The van der Waals surface area contributed by atoms with Crippen molar-refractivity contribution in [2.24, 2.45) is 0 Å². The Balaban J connectivity index is 1.84. The molecule has 7 heteroatoms. The molecule has 0 radical (unpaired) electrons. The Morgan fingerprint density at radius 3 is 2.91 bits per heavy atom. The third-order valence-electron chi connectivity index (χ3n) is 3.40. The van der Waals surface area contributed by atoms with Gasteiger partial charge in [0.05, 0.1) is 5.52 Å². The highest BCUT2D eigenvalue weighted by molar-refractivity contribution is 6.29. The summed E-state index contributed by atoms with van der Waals surface area (Å²) in [6.45, 7) is 0. The molecule has 0 fully saturated rings. The van der Waals surface area contributed by atoms with Gasteiger partial charge in [-0.2, -0.15) is 9.61 Å². The van der Waals surface area contributed by atoms with Crippen LogP contribution >= 0.6 is 11.6 Å². The Labute approximate surface area is 129 Å². The molecule has 108 valence electrons. The molecule has 0 saturated carbocycles. The lowest BCUT2D eigenvalue weighted by Crippen LogP contribution is -2.04. The molecule has 3 aromatic heterocycles. The SMILES string of the molecule is FC(c1ccc2ncccc2c1)c1nnc2ccc(Cl)nn12.